The molecule has 2 aromatic heterocycles. The van der Waals surface area contributed by atoms with Crippen molar-refractivity contribution in [2.45, 2.75) is 33.2 Å². The van der Waals surface area contributed by atoms with Gasteiger partial charge in [-0.25, -0.2) is 10.0 Å². The predicted molar refractivity (Wildman–Crippen MR) is 74.8 cm³/mol. The van der Waals surface area contributed by atoms with E-state index in [0.717, 1.165) is 17.8 Å². The van der Waals surface area contributed by atoms with E-state index in [1.807, 2.05) is 55.8 Å². The third-order valence-corrected chi connectivity index (χ3v) is 3.47. The molecule has 1 saturated heterocycles. The average Bonchev–Trinajstić information content (AvgIpc) is 3.02. The first-order chi connectivity index (χ1) is 9.47. The van der Waals surface area contributed by atoms with Gasteiger partial charge in [-0.2, -0.15) is 0 Å². The van der Waals surface area contributed by atoms with E-state index in [0.29, 0.717) is 6.61 Å². The van der Waals surface area contributed by atoms with Gasteiger partial charge in [-0.3, -0.25) is 9.63 Å². The van der Waals surface area contributed by atoms with E-state index < -0.39 is 5.41 Å². The highest BCUT2D eigenvalue weighted by Crippen LogP contribution is 2.33. The van der Waals surface area contributed by atoms with Crippen LogP contribution in [0.5, 0.6) is 0 Å². The maximum absolute atomic E-state index is 12.4. The fourth-order valence-corrected chi connectivity index (χ4v) is 2.38. The van der Waals surface area contributed by atoms with Gasteiger partial charge in [-0.1, -0.05) is 26.8 Å². The van der Waals surface area contributed by atoms with E-state index in [1.54, 1.807) is 0 Å². The first-order valence-electron chi connectivity index (χ1n) is 6.87. The summed E-state index contributed by atoms with van der Waals surface area (Å²) in [6.45, 7) is 6.26. The minimum Gasteiger partial charge on any atom is -0.307 e. The lowest BCUT2D eigenvalue weighted by atomic mass is 9.94. The molecule has 0 unspecified atom stereocenters. The van der Waals surface area contributed by atoms with Gasteiger partial charge < -0.3 is 4.40 Å². The molecule has 3 rings (SSSR count). The molecule has 0 aliphatic carbocycles. The maximum Gasteiger partial charge on any atom is 0.252 e. The molecule has 0 aromatic carbocycles. The van der Waals surface area contributed by atoms with Crippen molar-refractivity contribution in [2.75, 3.05) is 6.61 Å². The molecule has 1 amide bonds. The lowest BCUT2D eigenvalue weighted by Crippen LogP contribution is -2.38. The van der Waals surface area contributed by atoms with Crippen molar-refractivity contribution in [1.29, 1.82) is 0 Å². The highest BCUT2D eigenvalue weighted by molar-refractivity contribution is 5.81. The summed E-state index contributed by atoms with van der Waals surface area (Å²) in [4.78, 5) is 22.6. The van der Waals surface area contributed by atoms with Gasteiger partial charge in [0.15, 0.2) is 0 Å². The maximum atomic E-state index is 12.4. The van der Waals surface area contributed by atoms with Crippen LogP contribution in [-0.4, -0.2) is 27.0 Å². The topological polar surface area (TPSA) is 46.8 Å². The standard InChI is InChI=1S/C15H19N3O2/c1-15(2,3)14(19)18-12(7-9-20-18)11-10-17-8-5-4-6-13(17)16-11/h4-6,8,10,12H,7,9H2,1-3H3/t12-/m0/s1. The molecule has 0 bridgehead atoms. The number of pyridine rings is 1. The smallest absolute Gasteiger partial charge is 0.252 e. The number of hydrogen-bond donors (Lipinski definition) is 0. The zero-order valence-corrected chi connectivity index (χ0v) is 12.0. The van der Waals surface area contributed by atoms with Crippen molar-refractivity contribution in [2.24, 2.45) is 5.41 Å². The summed E-state index contributed by atoms with van der Waals surface area (Å²) < 4.78 is 1.97. The van der Waals surface area contributed by atoms with E-state index in [9.17, 15) is 4.79 Å². The molecule has 0 spiro atoms. The minimum absolute atomic E-state index is 0.00273. The van der Waals surface area contributed by atoms with Crippen LogP contribution in [0.15, 0.2) is 30.6 Å². The number of nitrogens with zero attached hydrogens (tertiary/aromatic N) is 3. The molecule has 5 heteroatoms. The van der Waals surface area contributed by atoms with Crippen molar-refractivity contribution < 1.29 is 9.63 Å². The van der Waals surface area contributed by atoms with Crippen LogP contribution in [0.4, 0.5) is 0 Å². The predicted octanol–water partition coefficient (Wildman–Crippen LogP) is 2.59. The normalized spacial score (nSPS) is 19.8. The molecule has 1 aliphatic heterocycles. The molecule has 0 N–H and O–H groups in total. The van der Waals surface area contributed by atoms with Gasteiger partial charge in [-0.05, 0) is 12.1 Å². The van der Waals surface area contributed by atoms with E-state index in [2.05, 4.69) is 4.98 Å². The molecule has 0 saturated carbocycles. The molecule has 1 atom stereocenters. The quantitative estimate of drug-likeness (QED) is 0.802. The van der Waals surface area contributed by atoms with Crippen LogP contribution in [0.3, 0.4) is 0 Å². The Bertz CT molecular complexity index is 609. The van der Waals surface area contributed by atoms with Crippen LogP contribution in [-0.2, 0) is 9.63 Å². The summed E-state index contributed by atoms with van der Waals surface area (Å²) in [5.41, 5.74) is 1.31. The van der Waals surface area contributed by atoms with Crippen molar-refractivity contribution >= 4 is 11.6 Å². The third kappa shape index (κ3) is 2.18. The number of hydroxylamine groups is 2. The second kappa shape index (κ2) is 4.59. The SMILES string of the molecule is CC(C)(C)C(=O)N1OCC[C@H]1c1cn2ccccc2n1. The lowest BCUT2D eigenvalue weighted by Gasteiger charge is -2.28. The second-order valence-corrected chi connectivity index (χ2v) is 6.15. The Kier molecular flexibility index (Phi) is 3.01. The van der Waals surface area contributed by atoms with Crippen LogP contribution in [0.25, 0.3) is 5.65 Å². The van der Waals surface area contributed by atoms with Gasteiger partial charge in [0.1, 0.15) is 11.7 Å². The van der Waals surface area contributed by atoms with Crippen molar-refractivity contribution in [1.82, 2.24) is 14.4 Å². The first kappa shape index (κ1) is 13.1. The molecule has 20 heavy (non-hydrogen) atoms. The number of rotatable bonds is 1. The van der Waals surface area contributed by atoms with Crippen LogP contribution in [0, 0.1) is 5.41 Å². The van der Waals surface area contributed by atoms with Gasteiger partial charge >= 0.3 is 0 Å². The molecule has 5 nitrogen and oxygen atoms in total. The van der Waals surface area contributed by atoms with Crippen molar-refractivity contribution in [3.8, 4) is 0 Å². The van der Waals surface area contributed by atoms with Gasteiger partial charge in [0.05, 0.1) is 12.3 Å². The van der Waals surface area contributed by atoms with Gasteiger partial charge in [0.2, 0.25) is 0 Å². The molecular formula is C15H19N3O2. The minimum atomic E-state index is -0.457. The zero-order chi connectivity index (χ0) is 14.3. The lowest BCUT2D eigenvalue weighted by molar-refractivity contribution is -0.186. The molecular weight excluding hydrogens is 254 g/mol. The fourth-order valence-electron chi connectivity index (χ4n) is 2.38. The Hall–Kier alpha value is -1.88. The third-order valence-electron chi connectivity index (χ3n) is 3.47. The Morgan fingerprint density at radius 3 is 2.90 bits per heavy atom. The molecule has 0 radical (unpaired) electrons. The Morgan fingerprint density at radius 1 is 1.40 bits per heavy atom. The van der Waals surface area contributed by atoms with Gasteiger partial charge in [0.25, 0.3) is 5.91 Å². The molecule has 1 aliphatic rings. The van der Waals surface area contributed by atoms with E-state index in [1.165, 1.54) is 5.06 Å². The van der Waals surface area contributed by atoms with Crippen LogP contribution < -0.4 is 0 Å². The summed E-state index contributed by atoms with van der Waals surface area (Å²) in [5.74, 6) is -0.00273. The molecule has 2 aromatic rings. The Morgan fingerprint density at radius 2 is 2.20 bits per heavy atom. The summed E-state index contributed by atoms with van der Waals surface area (Å²) in [5, 5.41) is 1.50. The Balaban J connectivity index is 1.94. The van der Waals surface area contributed by atoms with E-state index in [-0.39, 0.29) is 11.9 Å². The number of amides is 1. The van der Waals surface area contributed by atoms with Crippen molar-refractivity contribution in [3.05, 3.63) is 36.3 Å². The van der Waals surface area contributed by atoms with Gasteiger partial charge in [-0.15, -0.1) is 0 Å². The summed E-state index contributed by atoms with van der Waals surface area (Å²) in [6, 6.07) is 5.77. The van der Waals surface area contributed by atoms with Crippen LogP contribution >= 0.6 is 0 Å². The molecule has 106 valence electrons. The monoisotopic (exact) mass is 273 g/mol. The van der Waals surface area contributed by atoms with E-state index in [4.69, 9.17) is 4.84 Å². The molecule has 1 fully saturated rings. The Labute approximate surface area is 118 Å². The van der Waals surface area contributed by atoms with Crippen LogP contribution in [0.2, 0.25) is 0 Å². The largest absolute Gasteiger partial charge is 0.307 e. The number of imidazole rings is 1. The van der Waals surface area contributed by atoms with Crippen LogP contribution in [0.1, 0.15) is 38.9 Å². The fraction of sp³-hybridized carbons (Fsp3) is 0.467. The number of aromatic nitrogens is 2. The van der Waals surface area contributed by atoms with Crippen molar-refractivity contribution in [3.63, 3.8) is 0 Å². The highest BCUT2D eigenvalue weighted by Gasteiger charge is 2.38. The number of carbonyl (C=O) groups excluding carboxylic acids is 1. The first-order valence-corrected chi connectivity index (χ1v) is 6.87. The summed E-state index contributed by atoms with van der Waals surface area (Å²) >= 11 is 0. The van der Waals surface area contributed by atoms with E-state index >= 15 is 0 Å². The molecule has 3 heterocycles. The number of hydrogen-bond acceptors (Lipinski definition) is 3. The second-order valence-electron chi connectivity index (χ2n) is 6.15. The summed E-state index contributed by atoms with van der Waals surface area (Å²) in [6.07, 6.45) is 4.71. The zero-order valence-electron chi connectivity index (χ0n) is 12.0. The highest BCUT2D eigenvalue weighted by atomic mass is 16.7. The number of carbonyl (C=O) groups is 1. The van der Waals surface area contributed by atoms with Gasteiger partial charge in [0, 0.05) is 24.2 Å². The summed E-state index contributed by atoms with van der Waals surface area (Å²) in [7, 11) is 0. The number of fused-ring (bicyclic) bond motifs is 1. The average molecular weight is 273 g/mol.